The molecular formula is C21H19BF2N2O2. The van der Waals surface area contributed by atoms with Crippen molar-refractivity contribution in [3.05, 3.63) is 75.3 Å². The van der Waals surface area contributed by atoms with Crippen molar-refractivity contribution in [3.8, 4) is 0 Å². The summed E-state index contributed by atoms with van der Waals surface area (Å²) in [5, 5.41) is 0. The van der Waals surface area contributed by atoms with Gasteiger partial charge in [-0.1, -0.05) is 30.3 Å². The molecule has 4 nitrogen and oxygen atoms in total. The lowest BCUT2D eigenvalue weighted by atomic mass is 9.84. The van der Waals surface area contributed by atoms with Crippen molar-refractivity contribution >= 4 is 30.8 Å². The highest BCUT2D eigenvalue weighted by atomic mass is 19.2. The number of aromatic nitrogens is 1. The van der Waals surface area contributed by atoms with Crippen molar-refractivity contribution in [1.82, 2.24) is 4.48 Å². The predicted molar refractivity (Wildman–Crippen MR) is 105 cm³/mol. The lowest BCUT2D eigenvalue weighted by Gasteiger charge is -2.33. The fourth-order valence-electron chi connectivity index (χ4n) is 4.60. The van der Waals surface area contributed by atoms with Crippen LogP contribution >= 0.6 is 0 Å². The molecule has 0 bridgehead atoms. The van der Waals surface area contributed by atoms with E-state index in [1.54, 1.807) is 13.8 Å². The molecule has 2 aromatic rings. The maximum absolute atomic E-state index is 15.8. The van der Waals surface area contributed by atoms with Gasteiger partial charge in [0, 0.05) is 23.8 Å². The quantitative estimate of drug-likeness (QED) is 0.599. The molecule has 4 rings (SSSR count). The maximum Gasteiger partial charge on any atom is 0.737 e. The first-order valence-electron chi connectivity index (χ1n) is 9.06. The van der Waals surface area contributed by atoms with Gasteiger partial charge in [0.2, 0.25) is 0 Å². The van der Waals surface area contributed by atoms with Gasteiger partial charge >= 0.3 is 6.97 Å². The molecule has 0 saturated heterocycles. The second kappa shape index (κ2) is 5.96. The molecule has 28 heavy (non-hydrogen) atoms. The lowest BCUT2D eigenvalue weighted by Crippen LogP contribution is -2.51. The molecule has 0 aliphatic carbocycles. The Labute approximate surface area is 161 Å². The molecule has 3 heterocycles. The summed E-state index contributed by atoms with van der Waals surface area (Å²) in [5.41, 5.74) is 4.08. The number of aldehydes is 2. The van der Waals surface area contributed by atoms with Crippen LogP contribution in [0.15, 0.2) is 47.2 Å². The van der Waals surface area contributed by atoms with E-state index in [-0.39, 0.29) is 22.5 Å². The highest BCUT2D eigenvalue weighted by molar-refractivity contribution is 6.58. The lowest BCUT2D eigenvalue weighted by molar-refractivity contribution is -0.363. The molecule has 2 aliphatic rings. The Hall–Kier alpha value is -3.09. The molecule has 1 aromatic heterocycles. The van der Waals surface area contributed by atoms with E-state index in [0.717, 1.165) is 14.5 Å². The molecule has 0 saturated carbocycles. The van der Waals surface area contributed by atoms with Crippen LogP contribution in [0.5, 0.6) is 0 Å². The SMILES string of the molecule is CC1=C(C=O)C(C)=[N+]2C1=C(c1ccccc1)c1c(C)c(C=O)c(C)n1[B-]2(F)F. The molecule has 142 valence electrons. The summed E-state index contributed by atoms with van der Waals surface area (Å²) in [6, 6.07) is 9.24. The smallest absolute Gasteiger partial charge is 0.393 e. The van der Waals surface area contributed by atoms with Crippen LogP contribution < -0.4 is 0 Å². The Morgan fingerprint density at radius 2 is 1.64 bits per heavy atom. The molecule has 0 atom stereocenters. The van der Waals surface area contributed by atoms with Crippen molar-refractivity contribution in [2.75, 3.05) is 0 Å². The third-order valence-electron chi connectivity index (χ3n) is 5.90. The van der Waals surface area contributed by atoms with Crippen LogP contribution in [-0.4, -0.2) is 34.2 Å². The molecular weight excluding hydrogens is 361 g/mol. The van der Waals surface area contributed by atoms with Crippen LogP contribution in [0.1, 0.15) is 46.7 Å². The third kappa shape index (κ3) is 2.07. The fourth-order valence-corrected chi connectivity index (χ4v) is 4.60. The van der Waals surface area contributed by atoms with Gasteiger partial charge in [-0.05, 0) is 37.6 Å². The van der Waals surface area contributed by atoms with Gasteiger partial charge < -0.3 is 17.6 Å². The van der Waals surface area contributed by atoms with Crippen molar-refractivity contribution in [3.63, 3.8) is 0 Å². The van der Waals surface area contributed by atoms with Gasteiger partial charge in [-0.15, -0.1) is 0 Å². The van der Waals surface area contributed by atoms with E-state index in [0.29, 0.717) is 40.7 Å². The maximum atomic E-state index is 15.8. The minimum absolute atomic E-state index is 0.227. The summed E-state index contributed by atoms with van der Waals surface area (Å²) in [4.78, 5) is 23.3. The van der Waals surface area contributed by atoms with Crippen molar-refractivity contribution in [2.24, 2.45) is 0 Å². The van der Waals surface area contributed by atoms with E-state index in [1.807, 2.05) is 30.3 Å². The van der Waals surface area contributed by atoms with E-state index in [4.69, 9.17) is 0 Å². The number of benzene rings is 1. The number of hydrogen-bond donors (Lipinski definition) is 0. The van der Waals surface area contributed by atoms with E-state index < -0.39 is 6.97 Å². The van der Waals surface area contributed by atoms with Crippen LogP contribution in [0.2, 0.25) is 0 Å². The van der Waals surface area contributed by atoms with Crippen LogP contribution in [0.3, 0.4) is 0 Å². The van der Waals surface area contributed by atoms with Gasteiger partial charge in [0.05, 0.1) is 11.1 Å². The number of halogens is 2. The van der Waals surface area contributed by atoms with E-state index in [1.165, 1.54) is 13.8 Å². The van der Waals surface area contributed by atoms with Gasteiger partial charge in [0.15, 0.2) is 18.3 Å². The average molecular weight is 380 g/mol. The number of allylic oxidation sites excluding steroid dienone is 2. The minimum Gasteiger partial charge on any atom is -0.393 e. The number of rotatable bonds is 3. The Morgan fingerprint density at radius 3 is 2.21 bits per heavy atom. The minimum atomic E-state index is -4.26. The fraction of sp³-hybridized carbons (Fsp3) is 0.190. The Kier molecular flexibility index (Phi) is 3.89. The highest BCUT2D eigenvalue weighted by Gasteiger charge is 2.57. The topological polar surface area (TPSA) is 42.1 Å². The van der Waals surface area contributed by atoms with Crippen LogP contribution in [-0.2, 0) is 4.79 Å². The summed E-state index contributed by atoms with van der Waals surface area (Å²) in [6.45, 7) is 2.20. The number of fused-ring (bicyclic) bond motifs is 2. The van der Waals surface area contributed by atoms with Gasteiger partial charge in [-0.3, -0.25) is 9.59 Å². The molecule has 2 aliphatic heterocycles. The first-order valence-corrected chi connectivity index (χ1v) is 9.06. The zero-order chi connectivity index (χ0) is 20.4. The number of carbonyl (C=O) groups is 2. The standard InChI is InChI=1S/C21H19BF2N2O2/c1-12-17(10-27)14(3)25-20(12)19(16-8-6-5-7-9-16)21-13(2)18(11-28)15(4)26(21)22(25,23)24/h5-11H,1-4H3. The normalized spacial score (nSPS) is 17.8. The van der Waals surface area contributed by atoms with Gasteiger partial charge in [0.1, 0.15) is 5.71 Å². The molecule has 0 unspecified atom stereocenters. The Morgan fingerprint density at radius 1 is 1.00 bits per heavy atom. The predicted octanol–water partition coefficient (Wildman–Crippen LogP) is 3.92. The summed E-state index contributed by atoms with van der Waals surface area (Å²) >= 11 is 0. The average Bonchev–Trinajstić information content (AvgIpc) is 3.07. The number of nitrogens with zero attached hydrogens (tertiary/aromatic N) is 2. The zero-order valence-corrected chi connectivity index (χ0v) is 16.1. The molecule has 0 spiro atoms. The summed E-state index contributed by atoms with van der Waals surface area (Å²) in [7, 11) is 0. The second-order valence-corrected chi connectivity index (χ2v) is 7.25. The first kappa shape index (κ1) is 18.3. The second-order valence-electron chi connectivity index (χ2n) is 7.25. The molecule has 0 radical (unpaired) electrons. The number of hydrogen-bond acceptors (Lipinski definition) is 2. The first-order chi connectivity index (χ1) is 13.3. The Bertz CT molecular complexity index is 1150. The van der Waals surface area contributed by atoms with Crippen molar-refractivity contribution < 1.29 is 22.7 Å². The van der Waals surface area contributed by atoms with Crippen LogP contribution in [0, 0.1) is 13.8 Å². The van der Waals surface area contributed by atoms with Gasteiger partial charge in [-0.25, -0.2) is 0 Å². The molecule has 7 heteroatoms. The molecule has 0 amide bonds. The summed E-state index contributed by atoms with van der Waals surface area (Å²) in [5.74, 6) is 0. The largest absolute Gasteiger partial charge is 0.737 e. The van der Waals surface area contributed by atoms with Crippen molar-refractivity contribution in [2.45, 2.75) is 27.7 Å². The van der Waals surface area contributed by atoms with Crippen LogP contribution in [0.4, 0.5) is 8.63 Å². The molecule has 0 N–H and O–H groups in total. The third-order valence-corrected chi connectivity index (χ3v) is 5.90. The van der Waals surface area contributed by atoms with Gasteiger partial charge in [0.25, 0.3) is 0 Å². The van der Waals surface area contributed by atoms with Gasteiger partial charge in [-0.2, -0.15) is 0 Å². The summed E-state index contributed by atoms with van der Waals surface area (Å²) in [6.07, 6.45) is 1.27. The highest BCUT2D eigenvalue weighted by Crippen LogP contribution is 2.46. The molecule has 0 fully saturated rings. The zero-order valence-electron chi connectivity index (χ0n) is 16.1. The van der Waals surface area contributed by atoms with Crippen molar-refractivity contribution in [1.29, 1.82) is 0 Å². The van der Waals surface area contributed by atoms with Crippen LogP contribution in [0.25, 0.3) is 5.57 Å². The van der Waals surface area contributed by atoms with E-state index >= 15 is 8.63 Å². The van der Waals surface area contributed by atoms with E-state index in [2.05, 4.69) is 0 Å². The Balaban J connectivity index is 2.27. The van der Waals surface area contributed by atoms with E-state index in [9.17, 15) is 9.59 Å². The monoisotopic (exact) mass is 380 g/mol. The number of carbonyl (C=O) groups excluding carboxylic acids is 2. The molecule has 1 aromatic carbocycles. The summed E-state index contributed by atoms with van der Waals surface area (Å²) < 4.78 is 33.6.